The van der Waals surface area contributed by atoms with Gasteiger partial charge in [0.05, 0.1) is 25.3 Å². The smallest absolute Gasteiger partial charge is 0.426 e. The number of nitrogens with one attached hydrogen (secondary N) is 11. The van der Waals surface area contributed by atoms with Crippen LogP contribution in [-0.2, 0) is 81.5 Å². The van der Waals surface area contributed by atoms with Crippen LogP contribution < -0.4 is 58.7 Å². The lowest BCUT2D eigenvalue weighted by Crippen LogP contribution is -2.59. The van der Waals surface area contributed by atoms with Gasteiger partial charge in [0.2, 0.25) is 35.4 Å². The number of benzene rings is 2. The first-order valence-corrected chi connectivity index (χ1v) is 40.0. The van der Waals surface area contributed by atoms with Gasteiger partial charge in [0.1, 0.15) is 54.5 Å². The molecule has 38 heteroatoms. The SMILES string of the molecule is CCCOCN(C(=O)[C@@H](NC(=O)[C@H]1CCCCN1C)C(C)CC)[C@H](C[C@@H](OC(C)=O)c1nc(C(=O)N[C@@H](Cc2ccc(O)cc2)C[C@H](C)C(=O)NNC(=O)OCCSSCCNC(=O)[C@H](CC(=O)O)NC(=O)[C@H](CC(=O)O)NC(=O)Cc2ccc(CNC(=O)NCCCCCNC(=O)NCC(=O)O)cc2)cs1)C(C)C. The van der Waals surface area contributed by atoms with E-state index in [4.69, 9.17) is 19.3 Å². The molecule has 4 rings (SSSR count). The molecule has 2 aromatic carbocycles. The number of amides is 12. The summed E-state index contributed by atoms with van der Waals surface area (Å²) < 4.78 is 17.2. The lowest BCUT2D eigenvalue weighted by Gasteiger charge is -2.39. The molecule has 15 N–H and O–H groups in total. The van der Waals surface area contributed by atoms with Crippen molar-refractivity contribution in [1.29, 1.82) is 0 Å². The van der Waals surface area contributed by atoms with Gasteiger partial charge in [-0.25, -0.2) is 24.8 Å². The number of likely N-dealkylation sites (N-methyl/N-ethyl adjacent to an activating group) is 1. The van der Waals surface area contributed by atoms with Crippen molar-refractivity contribution in [2.24, 2.45) is 17.8 Å². The highest BCUT2D eigenvalue weighted by atomic mass is 33.1. The van der Waals surface area contributed by atoms with E-state index in [2.05, 4.69) is 63.7 Å². The van der Waals surface area contributed by atoms with E-state index >= 15 is 0 Å². The Kier molecular flexibility index (Phi) is 42.5. The molecular formula is C72H108N14O21S3. The zero-order chi connectivity index (χ0) is 81.2. The van der Waals surface area contributed by atoms with Crippen LogP contribution in [0.2, 0.25) is 0 Å². The van der Waals surface area contributed by atoms with Crippen LogP contribution in [0, 0.1) is 17.8 Å². The molecule has 1 saturated heterocycles. The number of likely N-dealkylation sites (tertiary alicyclic amines) is 1. The molecule has 3 aromatic rings. The summed E-state index contributed by atoms with van der Waals surface area (Å²) in [5, 5.41) is 62.8. The first kappa shape index (κ1) is 92.9. The minimum Gasteiger partial charge on any atom is -0.508 e. The molecule has 1 aliphatic heterocycles. The first-order chi connectivity index (χ1) is 52.4. The third kappa shape index (κ3) is 35.9. The van der Waals surface area contributed by atoms with Gasteiger partial charge in [-0.1, -0.05) is 112 Å². The number of thiazole rings is 1. The van der Waals surface area contributed by atoms with Gasteiger partial charge in [-0.3, -0.25) is 63.1 Å². The lowest BCUT2D eigenvalue weighted by molar-refractivity contribution is -0.153. The van der Waals surface area contributed by atoms with Crippen molar-refractivity contribution in [2.45, 2.75) is 187 Å². The van der Waals surface area contributed by atoms with E-state index in [1.54, 1.807) is 48.2 Å². The quantitative estimate of drug-likeness (QED) is 0.0124. The second kappa shape index (κ2) is 50.3. The number of hydrogen-bond donors (Lipinski definition) is 15. The Morgan fingerprint density at radius 2 is 1.32 bits per heavy atom. The number of ether oxygens (including phenoxy) is 3. The number of hydrazine groups is 1. The second-order valence-electron chi connectivity index (χ2n) is 26.8. The number of carboxylic acid groups (broad SMARTS) is 3. The number of urea groups is 2. The number of phenols is 1. The number of hydrogen-bond acceptors (Lipinski definition) is 23. The molecule has 110 heavy (non-hydrogen) atoms. The molecule has 12 amide bonds. The highest BCUT2D eigenvalue weighted by Crippen LogP contribution is 2.32. The molecular weight excluding hydrogens is 1490 g/mol. The lowest BCUT2D eigenvalue weighted by atomic mass is 9.92. The van der Waals surface area contributed by atoms with E-state index in [1.165, 1.54) is 46.0 Å². The summed E-state index contributed by atoms with van der Waals surface area (Å²) in [6.07, 6.45) is 1.89. The predicted octanol–water partition coefficient (Wildman–Crippen LogP) is 4.23. The summed E-state index contributed by atoms with van der Waals surface area (Å²) in [5.74, 6) is -10.2. The number of phenolic OH excluding ortho intramolecular Hbond substituents is 1. The van der Waals surface area contributed by atoms with Crippen LogP contribution in [0.4, 0.5) is 14.4 Å². The number of carbonyl (C=O) groups is 14. The number of unbranched alkanes of at least 4 members (excludes halogenated alkanes) is 2. The summed E-state index contributed by atoms with van der Waals surface area (Å²) in [4.78, 5) is 188. The van der Waals surface area contributed by atoms with Gasteiger partial charge in [0.15, 0.2) is 6.10 Å². The van der Waals surface area contributed by atoms with Gasteiger partial charge in [-0.2, -0.15) is 0 Å². The fraction of sp³-hybridized carbons (Fsp3) is 0.597. The molecule has 0 spiro atoms. The molecule has 1 aromatic heterocycles. The number of aromatic hydroxyl groups is 1. The topological polar surface area (TPSA) is 499 Å². The Labute approximate surface area is 651 Å². The van der Waals surface area contributed by atoms with Gasteiger partial charge < -0.3 is 87.4 Å². The maximum absolute atomic E-state index is 14.9. The van der Waals surface area contributed by atoms with E-state index < -0.39 is 133 Å². The molecule has 35 nitrogen and oxygen atoms in total. The number of carboxylic acids is 3. The highest BCUT2D eigenvalue weighted by Gasteiger charge is 2.40. The van der Waals surface area contributed by atoms with Crippen molar-refractivity contribution in [1.82, 2.24) is 73.5 Å². The van der Waals surface area contributed by atoms with Crippen LogP contribution in [-0.4, -0.2) is 226 Å². The fourth-order valence-corrected chi connectivity index (χ4v) is 14.0. The minimum atomic E-state index is -1.71. The Bertz CT molecular complexity index is 3500. The summed E-state index contributed by atoms with van der Waals surface area (Å²) in [6, 6.07) is 5.73. The molecule has 0 saturated carbocycles. The molecule has 1 aliphatic rings. The standard InChI is InChI=1S/C72H108N14O21S3/c1-9-29-105-42-86(69(101)62(44(5)10-2)82-67(100)55-16-12-15-28-85(55)8)56(43(3)4)38-57(107-46(7)87)68-81-54(41-108-68)66(99)78-50(34-47-21-23-51(88)24-22-47)33-45(6)63(96)83-84-72(104)106-30-32-110-109-31-27-73-64(97)52(36-59(90)91)80-65(98)53(37-60(92)93)79-58(89)35-48-17-19-49(20-18-48)39-76-70(102)74-25-13-11-14-26-75-71(103)77-40-61(94)95/h17-24,41,43-45,50,52-53,55-57,62,88H,9-16,25-40,42H2,1-8H3,(H,73,97)(H,78,99)(H,79,89)(H,80,98)(H,82,100)(H,83,96)(H,84,104)(H,90,91)(H,92,93)(H,94,95)(H2,74,76,102)(H2,75,77,103)/t44?,45-,50+,52-,53-,55+,56+,57+,62-/m0/s1. The average molecular weight is 1600 g/mol. The van der Waals surface area contributed by atoms with E-state index in [0.717, 1.165) is 30.7 Å². The van der Waals surface area contributed by atoms with Crippen LogP contribution in [0.1, 0.15) is 164 Å². The number of rotatable bonds is 49. The Balaban J connectivity index is 1.24. The van der Waals surface area contributed by atoms with E-state index in [0.29, 0.717) is 74.9 Å². The van der Waals surface area contributed by atoms with Crippen LogP contribution in [0.15, 0.2) is 53.9 Å². The Morgan fingerprint density at radius 3 is 1.94 bits per heavy atom. The van der Waals surface area contributed by atoms with Gasteiger partial charge >= 0.3 is 42.0 Å². The molecule has 2 heterocycles. The fourth-order valence-electron chi connectivity index (χ4n) is 11.4. The molecule has 1 fully saturated rings. The number of aliphatic carboxylic acids is 3. The van der Waals surface area contributed by atoms with Crippen LogP contribution in [0.25, 0.3) is 0 Å². The third-order valence-electron chi connectivity index (χ3n) is 17.5. The number of aromatic nitrogens is 1. The van der Waals surface area contributed by atoms with Crippen LogP contribution >= 0.6 is 32.9 Å². The summed E-state index contributed by atoms with van der Waals surface area (Å²) in [7, 11) is 4.38. The van der Waals surface area contributed by atoms with Crippen LogP contribution in [0.3, 0.4) is 0 Å². The minimum absolute atomic E-state index is 0.00940. The van der Waals surface area contributed by atoms with Gasteiger partial charge in [0, 0.05) is 81.0 Å². The van der Waals surface area contributed by atoms with Gasteiger partial charge in [0.25, 0.3) is 5.91 Å². The van der Waals surface area contributed by atoms with Crippen molar-refractivity contribution in [3.8, 4) is 5.75 Å². The van der Waals surface area contributed by atoms with Crippen molar-refractivity contribution in [3.05, 3.63) is 81.3 Å². The van der Waals surface area contributed by atoms with Crippen molar-refractivity contribution in [2.75, 3.05) is 71.2 Å². The molecule has 0 radical (unpaired) electrons. The van der Waals surface area contributed by atoms with E-state index in [1.807, 2.05) is 46.6 Å². The van der Waals surface area contributed by atoms with Gasteiger partial charge in [-0.05, 0) is 106 Å². The number of piperidine rings is 1. The predicted molar refractivity (Wildman–Crippen MR) is 409 cm³/mol. The largest absolute Gasteiger partial charge is 0.508 e. The molecule has 0 aliphatic carbocycles. The molecule has 0 bridgehead atoms. The summed E-state index contributed by atoms with van der Waals surface area (Å²) in [6.45, 7) is 13.7. The first-order valence-electron chi connectivity index (χ1n) is 36.6. The number of nitrogens with zero attached hydrogens (tertiary/aromatic N) is 3. The van der Waals surface area contributed by atoms with Crippen LogP contribution in [0.5, 0.6) is 5.75 Å². The van der Waals surface area contributed by atoms with Gasteiger partial charge in [-0.15, -0.1) is 11.3 Å². The molecule has 9 atom stereocenters. The number of esters is 1. The third-order valence-corrected chi connectivity index (χ3v) is 20.8. The summed E-state index contributed by atoms with van der Waals surface area (Å²) in [5.41, 5.74) is 6.35. The van der Waals surface area contributed by atoms with E-state index in [9.17, 15) is 82.4 Å². The molecule has 610 valence electrons. The molecule has 1 unspecified atom stereocenters. The second-order valence-corrected chi connectivity index (χ2v) is 30.4. The maximum Gasteiger partial charge on any atom is 0.426 e. The highest BCUT2D eigenvalue weighted by molar-refractivity contribution is 8.76. The van der Waals surface area contributed by atoms with E-state index in [-0.39, 0.29) is 110 Å². The Hall–Kier alpha value is -9.53. The monoisotopic (exact) mass is 1600 g/mol. The zero-order valence-electron chi connectivity index (χ0n) is 63.4. The van der Waals surface area contributed by atoms with Crippen molar-refractivity contribution in [3.63, 3.8) is 0 Å². The Morgan fingerprint density at radius 1 is 0.682 bits per heavy atom. The summed E-state index contributed by atoms with van der Waals surface area (Å²) >= 11 is 1.08. The van der Waals surface area contributed by atoms with Crippen molar-refractivity contribution >= 4 is 116 Å². The van der Waals surface area contributed by atoms with Crippen molar-refractivity contribution < 1.29 is 102 Å². The number of carbonyl (C=O) groups excluding carboxylic acids is 11. The maximum atomic E-state index is 14.9. The normalized spacial score (nSPS) is 14.9. The zero-order valence-corrected chi connectivity index (χ0v) is 65.9. The average Bonchev–Trinajstić information content (AvgIpc) is 1.42.